The highest BCUT2D eigenvalue weighted by atomic mass is 16.5. The van der Waals surface area contributed by atoms with Gasteiger partial charge in [0, 0.05) is 18.0 Å². The van der Waals surface area contributed by atoms with Crippen molar-refractivity contribution < 1.29 is 4.74 Å². The molecule has 0 bridgehead atoms. The van der Waals surface area contributed by atoms with Crippen LogP contribution in [0.1, 0.15) is 13.8 Å². The molecule has 1 N–H and O–H groups in total. The monoisotopic (exact) mass is 268 g/mol. The van der Waals surface area contributed by atoms with Gasteiger partial charge in [-0.25, -0.2) is 9.97 Å². The summed E-state index contributed by atoms with van der Waals surface area (Å²) in [6.45, 7) is 4.18. The van der Waals surface area contributed by atoms with E-state index in [4.69, 9.17) is 10.00 Å². The molecule has 20 heavy (non-hydrogen) atoms. The van der Waals surface area contributed by atoms with Crippen LogP contribution in [0.4, 0.5) is 5.95 Å². The van der Waals surface area contributed by atoms with Crippen molar-refractivity contribution in [2.45, 2.75) is 20.0 Å². The van der Waals surface area contributed by atoms with E-state index < -0.39 is 0 Å². The molecule has 1 aromatic carbocycles. The minimum absolute atomic E-state index is 0.162. The van der Waals surface area contributed by atoms with Crippen molar-refractivity contribution in [1.82, 2.24) is 9.97 Å². The molecule has 0 amide bonds. The van der Waals surface area contributed by atoms with Crippen LogP contribution in [0.25, 0.3) is 11.1 Å². The van der Waals surface area contributed by atoms with Crippen LogP contribution in [0.3, 0.4) is 0 Å². The number of nitrogens with zero attached hydrogens (tertiary/aromatic N) is 3. The van der Waals surface area contributed by atoms with Crippen LogP contribution in [0.2, 0.25) is 0 Å². The Morgan fingerprint density at radius 2 is 1.80 bits per heavy atom. The molecule has 2 aromatic rings. The molecular formula is C15H16N4O. The maximum atomic E-state index is 8.47. The molecule has 2 rings (SSSR count). The fraction of sp³-hybridized carbons (Fsp3) is 0.267. The molecule has 5 heteroatoms. The maximum Gasteiger partial charge on any atom is 0.223 e. The predicted molar refractivity (Wildman–Crippen MR) is 77.3 cm³/mol. The lowest BCUT2D eigenvalue weighted by atomic mass is 10.1. The first-order valence-electron chi connectivity index (χ1n) is 6.39. The normalized spacial score (nSPS) is 10.1. The van der Waals surface area contributed by atoms with Gasteiger partial charge < -0.3 is 10.1 Å². The van der Waals surface area contributed by atoms with Crippen molar-refractivity contribution in [2.24, 2.45) is 0 Å². The molecule has 0 aliphatic heterocycles. The Bertz CT molecular complexity index is 585. The highest BCUT2D eigenvalue weighted by Crippen LogP contribution is 2.22. The van der Waals surface area contributed by atoms with Crippen LogP contribution >= 0.6 is 0 Å². The smallest absolute Gasteiger partial charge is 0.223 e. The molecule has 0 aliphatic rings. The number of hydrogen-bond donors (Lipinski definition) is 1. The molecule has 0 unspecified atom stereocenters. The summed E-state index contributed by atoms with van der Waals surface area (Å²) in [5.74, 6) is 1.30. The number of anilines is 1. The van der Waals surface area contributed by atoms with Crippen LogP contribution in [0, 0.1) is 11.3 Å². The molecule has 102 valence electrons. The summed E-state index contributed by atoms with van der Waals surface area (Å²) >= 11 is 0. The van der Waals surface area contributed by atoms with Crippen LogP contribution in [0.15, 0.2) is 36.7 Å². The molecule has 1 aromatic heterocycles. The summed E-state index contributed by atoms with van der Waals surface area (Å²) in [5, 5.41) is 11.3. The topological polar surface area (TPSA) is 70.8 Å². The van der Waals surface area contributed by atoms with E-state index in [1.54, 1.807) is 12.4 Å². The summed E-state index contributed by atoms with van der Waals surface area (Å²) in [4.78, 5) is 8.32. The first-order valence-corrected chi connectivity index (χ1v) is 6.39. The van der Waals surface area contributed by atoms with Gasteiger partial charge in [0.2, 0.25) is 5.95 Å². The number of nitriles is 1. The number of rotatable bonds is 5. The number of aromatic nitrogens is 2. The van der Waals surface area contributed by atoms with Crippen molar-refractivity contribution in [1.29, 1.82) is 5.26 Å². The summed E-state index contributed by atoms with van der Waals surface area (Å²) in [7, 11) is 0. The van der Waals surface area contributed by atoms with E-state index in [-0.39, 0.29) is 12.6 Å². The van der Waals surface area contributed by atoms with E-state index in [9.17, 15) is 0 Å². The number of nitrogens with one attached hydrogen (secondary N) is 1. The van der Waals surface area contributed by atoms with E-state index in [1.807, 2.05) is 44.2 Å². The van der Waals surface area contributed by atoms with Crippen molar-refractivity contribution in [3.63, 3.8) is 0 Å². The highest BCUT2D eigenvalue weighted by Gasteiger charge is 2.02. The second-order valence-corrected chi connectivity index (χ2v) is 4.50. The average molecular weight is 268 g/mol. The first kappa shape index (κ1) is 13.8. The summed E-state index contributed by atoms with van der Waals surface area (Å²) in [5.41, 5.74) is 1.94. The zero-order valence-electron chi connectivity index (χ0n) is 11.5. The molecule has 0 fully saturated rings. The largest absolute Gasteiger partial charge is 0.491 e. The van der Waals surface area contributed by atoms with Gasteiger partial charge >= 0.3 is 0 Å². The lowest BCUT2D eigenvalue weighted by molar-refractivity contribution is 0.242. The van der Waals surface area contributed by atoms with Crippen molar-refractivity contribution in [2.75, 3.05) is 11.9 Å². The van der Waals surface area contributed by atoms with Crippen LogP contribution in [-0.2, 0) is 0 Å². The van der Waals surface area contributed by atoms with E-state index in [2.05, 4.69) is 15.3 Å². The molecular weight excluding hydrogens is 252 g/mol. The fourth-order valence-corrected chi connectivity index (χ4v) is 1.69. The van der Waals surface area contributed by atoms with Gasteiger partial charge in [0.25, 0.3) is 0 Å². The van der Waals surface area contributed by atoms with Gasteiger partial charge in [0.05, 0.1) is 12.2 Å². The van der Waals surface area contributed by atoms with Gasteiger partial charge in [-0.1, -0.05) is 12.1 Å². The minimum Gasteiger partial charge on any atom is -0.491 e. The standard InChI is InChI=1S/C15H16N4O/c1-11(2)20-14-5-3-12(4-6-14)13-9-18-15(19-10-13)17-8-7-16/h3-6,9-11H,8H2,1-2H3,(H,17,18,19). The maximum absolute atomic E-state index is 8.47. The van der Waals surface area contributed by atoms with E-state index >= 15 is 0 Å². The number of benzene rings is 1. The third kappa shape index (κ3) is 3.69. The Morgan fingerprint density at radius 1 is 1.15 bits per heavy atom. The minimum atomic E-state index is 0.162. The van der Waals surface area contributed by atoms with Gasteiger partial charge in [-0.05, 0) is 31.5 Å². The molecule has 0 spiro atoms. The predicted octanol–water partition coefficient (Wildman–Crippen LogP) is 2.87. The molecule has 5 nitrogen and oxygen atoms in total. The lowest BCUT2D eigenvalue weighted by Crippen LogP contribution is -2.05. The molecule has 0 radical (unpaired) electrons. The Kier molecular flexibility index (Phi) is 4.51. The van der Waals surface area contributed by atoms with E-state index in [1.165, 1.54) is 0 Å². The van der Waals surface area contributed by atoms with Gasteiger partial charge in [0.15, 0.2) is 0 Å². The second-order valence-electron chi connectivity index (χ2n) is 4.50. The van der Waals surface area contributed by atoms with Gasteiger partial charge in [-0.15, -0.1) is 0 Å². The van der Waals surface area contributed by atoms with E-state index in [0.717, 1.165) is 16.9 Å². The number of ether oxygens (including phenoxy) is 1. The van der Waals surface area contributed by atoms with Gasteiger partial charge in [0.1, 0.15) is 12.3 Å². The average Bonchev–Trinajstić information content (AvgIpc) is 2.46. The molecule has 0 saturated heterocycles. The van der Waals surface area contributed by atoms with Crippen molar-refractivity contribution in [3.8, 4) is 22.9 Å². The number of hydrogen-bond acceptors (Lipinski definition) is 5. The summed E-state index contributed by atoms with van der Waals surface area (Å²) in [6, 6.07) is 9.78. The Morgan fingerprint density at radius 3 is 2.35 bits per heavy atom. The van der Waals surface area contributed by atoms with Gasteiger partial charge in [-0.2, -0.15) is 5.26 Å². The highest BCUT2D eigenvalue weighted by molar-refractivity contribution is 5.62. The quantitative estimate of drug-likeness (QED) is 0.844. The lowest BCUT2D eigenvalue weighted by Gasteiger charge is -2.10. The molecule has 0 saturated carbocycles. The molecule has 0 aliphatic carbocycles. The zero-order valence-corrected chi connectivity index (χ0v) is 11.5. The first-order chi connectivity index (χ1) is 9.69. The SMILES string of the molecule is CC(C)Oc1ccc(-c2cnc(NCC#N)nc2)cc1. The third-order valence-electron chi connectivity index (χ3n) is 2.54. The Balaban J connectivity index is 2.09. The van der Waals surface area contributed by atoms with Crippen molar-refractivity contribution >= 4 is 5.95 Å². The van der Waals surface area contributed by atoms with Crippen LogP contribution in [-0.4, -0.2) is 22.6 Å². The second kappa shape index (κ2) is 6.53. The van der Waals surface area contributed by atoms with Crippen LogP contribution in [0.5, 0.6) is 5.75 Å². The summed E-state index contributed by atoms with van der Waals surface area (Å²) < 4.78 is 5.60. The van der Waals surface area contributed by atoms with Crippen molar-refractivity contribution in [3.05, 3.63) is 36.7 Å². The van der Waals surface area contributed by atoms with Gasteiger partial charge in [-0.3, -0.25) is 0 Å². The van der Waals surface area contributed by atoms with Crippen LogP contribution < -0.4 is 10.1 Å². The van der Waals surface area contributed by atoms with E-state index in [0.29, 0.717) is 5.95 Å². The summed E-state index contributed by atoms with van der Waals surface area (Å²) in [6.07, 6.45) is 3.62. The Hall–Kier alpha value is -2.61. The fourth-order valence-electron chi connectivity index (χ4n) is 1.69. The zero-order chi connectivity index (χ0) is 14.4. The molecule has 1 heterocycles. The molecule has 0 atom stereocenters. The Labute approximate surface area is 118 Å². The third-order valence-corrected chi connectivity index (χ3v) is 2.54.